The molecule has 8 heteroatoms. The van der Waals surface area contributed by atoms with E-state index in [9.17, 15) is 14.4 Å². The van der Waals surface area contributed by atoms with E-state index >= 15 is 0 Å². The highest BCUT2D eigenvalue weighted by Crippen LogP contribution is 2.35. The lowest BCUT2D eigenvalue weighted by Crippen LogP contribution is -2.57. The van der Waals surface area contributed by atoms with Crippen LogP contribution in [0.15, 0.2) is 42.5 Å². The molecule has 0 aromatic heterocycles. The van der Waals surface area contributed by atoms with Gasteiger partial charge in [-0.2, -0.15) is 11.8 Å². The fourth-order valence-corrected chi connectivity index (χ4v) is 5.17. The molecule has 39 heavy (non-hydrogen) atoms. The van der Waals surface area contributed by atoms with E-state index in [1.807, 2.05) is 69.5 Å². The minimum absolute atomic E-state index is 0.0928. The van der Waals surface area contributed by atoms with E-state index in [1.54, 1.807) is 37.4 Å². The van der Waals surface area contributed by atoms with Crippen LogP contribution in [0.4, 0.5) is 10.5 Å². The van der Waals surface area contributed by atoms with Gasteiger partial charge in [0.1, 0.15) is 17.7 Å². The van der Waals surface area contributed by atoms with Gasteiger partial charge < -0.3 is 20.3 Å². The van der Waals surface area contributed by atoms with E-state index in [1.165, 1.54) is 0 Å². The molecule has 0 aliphatic heterocycles. The van der Waals surface area contributed by atoms with Gasteiger partial charge in [0.2, 0.25) is 5.91 Å². The van der Waals surface area contributed by atoms with Gasteiger partial charge in [-0.3, -0.25) is 9.59 Å². The molecule has 0 heterocycles. The number of thioether (sulfide) groups is 1. The normalized spacial score (nSPS) is 15.1. The quantitative estimate of drug-likeness (QED) is 0.360. The number of anilines is 1. The van der Waals surface area contributed by atoms with Gasteiger partial charge in [0.05, 0.1) is 0 Å². The molecule has 2 atom stereocenters. The first-order valence-corrected chi connectivity index (χ1v) is 15.0. The summed E-state index contributed by atoms with van der Waals surface area (Å²) >= 11 is 1.60. The van der Waals surface area contributed by atoms with E-state index in [0.717, 1.165) is 47.2 Å². The Bertz CT molecular complexity index is 1140. The summed E-state index contributed by atoms with van der Waals surface area (Å²) in [4.78, 5) is 42.9. The summed E-state index contributed by atoms with van der Waals surface area (Å²) in [6, 6.07) is 11.9. The Hall–Kier alpha value is -3.00. The van der Waals surface area contributed by atoms with Crippen molar-refractivity contribution in [2.45, 2.75) is 91.0 Å². The standard InChI is InChI=1S/C31H43N3O4S/c1-20-14-16-23(17-15-20)27(28(35)33-26-21(2)10-8-11-22(26)3)34(24-12-9-13-24)29(36)25(18-19-39-7)32-30(37)38-31(4,5)6/h8,10-11,14-17,24-25,27H,9,12-13,18-19H2,1-7H3,(H,32,37)(H,33,35). The molecule has 2 unspecified atom stereocenters. The van der Waals surface area contributed by atoms with Gasteiger partial charge in [-0.05, 0) is 95.9 Å². The zero-order chi connectivity index (χ0) is 28.7. The zero-order valence-corrected chi connectivity index (χ0v) is 25.1. The molecule has 2 aromatic carbocycles. The summed E-state index contributed by atoms with van der Waals surface area (Å²) in [5, 5.41) is 5.95. The van der Waals surface area contributed by atoms with Crippen molar-refractivity contribution in [2.75, 3.05) is 17.3 Å². The summed E-state index contributed by atoms with van der Waals surface area (Å²) in [7, 11) is 0. The highest BCUT2D eigenvalue weighted by Gasteiger charge is 2.42. The molecule has 3 amide bonds. The summed E-state index contributed by atoms with van der Waals surface area (Å²) in [5.74, 6) is 0.147. The van der Waals surface area contributed by atoms with Crippen molar-refractivity contribution < 1.29 is 19.1 Å². The molecule has 1 saturated carbocycles. The van der Waals surface area contributed by atoms with Crippen LogP contribution in [0.3, 0.4) is 0 Å². The molecule has 2 aromatic rings. The summed E-state index contributed by atoms with van der Waals surface area (Å²) in [6.45, 7) is 11.3. The maximum Gasteiger partial charge on any atom is 0.408 e. The van der Waals surface area contributed by atoms with Crippen molar-refractivity contribution in [3.8, 4) is 0 Å². The largest absolute Gasteiger partial charge is 0.444 e. The number of para-hydroxylation sites is 1. The van der Waals surface area contributed by atoms with E-state index in [0.29, 0.717) is 12.2 Å². The minimum atomic E-state index is -0.848. The highest BCUT2D eigenvalue weighted by atomic mass is 32.2. The molecule has 1 aliphatic carbocycles. The van der Waals surface area contributed by atoms with Crippen molar-refractivity contribution >= 4 is 35.4 Å². The number of carbonyl (C=O) groups excluding carboxylic acids is 3. The number of hydrogen-bond donors (Lipinski definition) is 2. The number of alkyl carbamates (subject to hydrolysis) is 1. The average molecular weight is 554 g/mol. The lowest BCUT2D eigenvalue weighted by atomic mass is 9.87. The third kappa shape index (κ3) is 8.24. The third-order valence-corrected chi connectivity index (χ3v) is 7.62. The van der Waals surface area contributed by atoms with Gasteiger partial charge >= 0.3 is 6.09 Å². The molecule has 2 N–H and O–H groups in total. The second-order valence-corrected chi connectivity index (χ2v) is 12.4. The predicted molar refractivity (Wildman–Crippen MR) is 159 cm³/mol. The number of hydrogen-bond acceptors (Lipinski definition) is 5. The Balaban J connectivity index is 2.03. The van der Waals surface area contributed by atoms with Gasteiger partial charge in [0.15, 0.2) is 0 Å². The van der Waals surface area contributed by atoms with Crippen LogP contribution in [0.25, 0.3) is 0 Å². The smallest absolute Gasteiger partial charge is 0.408 e. The van der Waals surface area contributed by atoms with Crippen molar-refractivity contribution in [3.05, 3.63) is 64.7 Å². The van der Waals surface area contributed by atoms with Gasteiger partial charge in [-0.15, -0.1) is 0 Å². The van der Waals surface area contributed by atoms with Gasteiger partial charge in [0.25, 0.3) is 5.91 Å². The first kappa shape index (κ1) is 30.5. The second kappa shape index (κ2) is 13.4. The van der Waals surface area contributed by atoms with Gasteiger partial charge in [0, 0.05) is 11.7 Å². The van der Waals surface area contributed by atoms with Crippen LogP contribution >= 0.6 is 11.8 Å². The zero-order valence-electron chi connectivity index (χ0n) is 24.3. The minimum Gasteiger partial charge on any atom is -0.444 e. The molecule has 3 rings (SSSR count). The van der Waals surface area contributed by atoms with Crippen LogP contribution in [0.1, 0.15) is 74.8 Å². The molecular formula is C31H43N3O4S. The lowest BCUT2D eigenvalue weighted by molar-refractivity contribution is -0.145. The average Bonchev–Trinajstić information content (AvgIpc) is 2.82. The maximum atomic E-state index is 14.3. The molecule has 0 saturated heterocycles. The van der Waals surface area contributed by atoms with Gasteiger partial charge in [-0.25, -0.2) is 4.79 Å². The Morgan fingerprint density at radius 1 is 1.03 bits per heavy atom. The monoisotopic (exact) mass is 553 g/mol. The summed E-state index contributed by atoms with van der Waals surface area (Å²) < 4.78 is 5.48. The Morgan fingerprint density at radius 3 is 2.15 bits per heavy atom. The van der Waals surface area contributed by atoms with E-state index < -0.39 is 23.8 Å². The second-order valence-electron chi connectivity index (χ2n) is 11.4. The van der Waals surface area contributed by atoms with Crippen LogP contribution in [0.5, 0.6) is 0 Å². The molecule has 1 fully saturated rings. The number of benzene rings is 2. The van der Waals surface area contributed by atoms with E-state index in [2.05, 4.69) is 10.6 Å². The number of aryl methyl sites for hydroxylation is 3. The lowest BCUT2D eigenvalue weighted by Gasteiger charge is -2.43. The Kier molecular flexibility index (Phi) is 10.5. The van der Waals surface area contributed by atoms with Crippen molar-refractivity contribution in [2.24, 2.45) is 0 Å². The fraction of sp³-hybridized carbons (Fsp3) is 0.516. The maximum absolute atomic E-state index is 14.3. The Morgan fingerprint density at radius 2 is 1.64 bits per heavy atom. The fourth-order valence-electron chi connectivity index (χ4n) is 4.70. The first-order valence-electron chi connectivity index (χ1n) is 13.7. The topological polar surface area (TPSA) is 87.7 Å². The van der Waals surface area contributed by atoms with E-state index in [-0.39, 0.29) is 17.9 Å². The first-order chi connectivity index (χ1) is 18.4. The molecule has 0 bridgehead atoms. The number of nitrogens with one attached hydrogen (secondary N) is 2. The summed E-state index contributed by atoms with van der Waals surface area (Å²) in [5.41, 5.74) is 3.78. The molecule has 0 radical (unpaired) electrons. The molecule has 1 aliphatic rings. The number of rotatable bonds is 10. The Labute approximate surface area is 237 Å². The third-order valence-electron chi connectivity index (χ3n) is 6.97. The number of nitrogens with zero attached hydrogens (tertiary/aromatic N) is 1. The predicted octanol–water partition coefficient (Wildman–Crippen LogP) is 6.32. The van der Waals surface area contributed by atoms with Crippen molar-refractivity contribution in [3.63, 3.8) is 0 Å². The molecule has 212 valence electrons. The van der Waals surface area contributed by atoms with Crippen LogP contribution in [0.2, 0.25) is 0 Å². The number of ether oxygens (including phenoxy) is 1. The molecule has 7 nitrogen and oxygen atoms in total. The molecule has 0 spiro atoms. The van der Waals surface area contributed by atoms with Crippen molar-refractivity contribution in [1.82, 2.24) is 10.2 Å². The SMILES string of the molecule is CSCCC(NC(=O)OC(C)(C)C)C(=O)N(C1CCC1)C(C(=O)Nc1c(C)cccc1C)c1ccc(C)cc1. The molecular weight excluding hydrogens is 510 g/mol. The van der Waals surface area contributed by atoms with Crippen molar-refractivity contribution in [1.29, 1.82) is 0 Å². The van der Waals surface area contributed by atoms with Gasteiger partial charge in [-0.1, -0.05) is 48.0 Å². The van der Waals surface area contributed by atoms with Crippen LogP contribution in [0, 0.1) is 20.8 Å². The highest BCUT2D eigenvalue weighted by molar-refractivity contribution is 7.98. The van der Waals surface area contributed by atoms with Crippen LogP contribution in [-0.2, 0) is 14.3 Å². The van der Waals surface area contributed by atoms with E-state index in [4.69, 9.17) is 4.74 Å². The van der Waals surface area contributed by atoms with Crippen LogP contribution in [-0.4, -0.2) is 52.5 Å². The number of amides is 3. The van der Waals surface area contributed by atoms with Crippen LogP contribution < -0.4 is 10.6 Å². The summed E-state index contributed by atoms with van der Waals surface area (Å²) in [6.07, 6.45) is 4.37. The number of carbonyl (C=O) groups is 3.